The van der Waals surface area contributed by atoms with Crippen LogP contribution in [0.15, 0.2) is 0 Å². The molecule has 84 valence electrons. The molecular formula is C12H26N2. The third-order valence-corrected chi connectivity index (χ3v) is 3.18. The van der Waals surface area contributed by atoms with Crippen molar-refractivity contribution >= 4 is 0 Å². The number of nitrogens with one attached hydrogen (secondary N) is 1. The molecule has 0 aromatic carbocycles. The molecule has 0 radical (unpaired) electrons. The minimum absolute atomic E-state index is 0.442. The molecule has 2 unspecified atom stereocenters. The van der Waals surface area contributed by atoms with E-state index in [9.17, 15) is 0 Å². The average molecular weight is 198 g/mol. The molecule has 1 aliphatic carbocycles. The van der Waals surface area contributed by atoms with Crippen molar-refractivity contribution in [2.75, 3.05) is 13.1 Å². The molecule has 0 aromatic heterocycles. The lowest BCUT2D eigenvalue weighted by Crippen LogP contribution is -2.37. The van der Waals surface area contributed by atoms with E-state index in [4.69, 9.17) is 5.73 Å². The first-order valence-corrected chi connectivity index (χ1v) is 6.16. The lowest BCUT2D eigenvalue weighted by atomic mass is 9.95. The molecule has 2 nitrogen and oxygen atoms in total. The fraction of sp³-hybridized carbons (Fsp3) is 1.00. The van der Waals surface area contributed by atoms with Crippen LogP contribution in [0.25, 0.3) is 0 Å². The minimum Gasteiger partial charge on any atom is -0.327 e. The fourth-order valence-corrected chi connectivity index (χ4v) is 2.22. The van der Waals surface area contributed by atoms with Crippen molar-refractivity contribution < 1.29 is 0 Å². The lowest BCUT2D eigenvalue weighted by Gasteiger charge is -2.22. The quantitative estimate of drug-likeness (QED) is 0.679. The maximum Gasteiger partial charge on any atom is 0.00792 e. The summed E-state index contributed by atoms with van der Waals surface area (Å²) in [6.07, 6.45) is 6.65. The summed E-state index contributed by atoms with van der Waals surface area (Å²) in [5.41, 5.74) is 6.16. The van der Waals surface area contributed by atoms with Gasteiger partial charge in [-0.05, 0) is 37.8 Å². The molecule has 1 saturated carbocycles. The molecule has 2 heteroatoms. The molecule has 0 amide bonds. The van der Waals surface area contributed by atoms with Gasteiger partial charge in [0.05, 0.1) is 0 Å². The summed E-state index contributed by atoms with van der Waals surface area (Å²) < 4.78 is 0. The first kappa shape index (κ1) is 12.0. The standard InChI is InChI=1S/C12H26N2/c1-10(2)8-14-9-11-6-4-3-5-7-12(11)13/h10-12,14H,3-9,13H2,1-2H3. The Morgan fingerprint density at radius 2 is 1.93 bits per heavy atom. The number of rotatable bonds is 4. The van der Waals surface area contributed by atoms with E-state index in [2.05, 4.69) is 19.2 Å². The number of nitrogens with two attached hydrogens (primary N) is 1. The van der Waals surface area contributed by atoms with Crippen molar-refractivity contribution in [1.29, 1.82) is 0 Å². The van der Waals surface area contributed by atoms with Crippen LogP contribution in [0.1, 0.15) is 46.0 Å². The van der Waals surface area contributed by atoms with Gasteiger partial charge in [0.2, 0.25) is 0 Å². The van der Waals surface area contributed by atoms with Crippen molar-refractivity contribution in [3.05, 3.63) is 0 Å². The van der Waals surface area contributed by atoms with Crippen LogP contribution in [0.3, 0.4) is 0 Å². The van der Waals surface area contributed by atoms with Gasteiger partial charge in [0, 0.05) is 6.04 Å². The first-order valence-electron chi connectivity index (χ1n) is 6.16. The zero-order chi connectivity index (χ0) is 10.4. The van der Waals surface area contributed by atoms with Crippen molar-refractivity contribution in [2.24, 2.45) is 17.6 Å². The summed E-state index contributed by atoms with van der Waals surface area (Å²) in [6.45, 7) is 6.75. The van der Waals surface area contributed by atoms with Crippen LogP contribution in [-0.2, 0) is 0 Å². The van der Waals surface area contributed by atoms with Crippen LogP contribution in [-0.4, -0.2) is 19.1 Å². The SMILES string of the molecule is CC(C)CNCC1CCCCCC1N. The normalized spacial score (nSPS) is 29.1. The van der Waals surface area contributed by atoms with E-state index in [1.165, 1.54) is 32.1 Å². The Morgan fingerprint density at radius 3 is 2.64 bits per heavy atom. The smallest absolute Gasteiger partial charge is 0.00792 e. The van der Waals surface area contributed by atoms with E-state index in [1.807, 2.05) is 0 Å². The molecule has 14 heavy (non-hydrogen) atoms. The Morgan fingerprint density at radius 1 is 1.21 bits per heavy atom. The summed E-state index contributed by atoms with van der Waals surface area (Å²) >= 11 is 0. The summed E-state index contributed by atoms with van der Waals surface area (Å²) in [7, 11) is 0. The molecule has 0 saturated heterocycles. The molecular weight excluding hydrogens is 172 g/mol. The van der Waals surface area contributed by atoms with Gasteiger partial charge in [-0.1, -0.05) is 33.1 Å². The van der Waals surface area contributed by atoms with Crippen LogP contribution < -0.4 is 11.1 Å². The predicted octanol–water partition coefficient (Wildman–Crippen LogP) is 2.14. The van der Waals surface area contributed by atoms with Gasteiger partial charge < -0.3 is 11.1 Å². The molecule has 0 heterocycles. The third-order valence-electron chi connectivity index (χ3n) is 3.18. The largest absolute Gasteiger partial charge is 0.327 e. The molecule has 1 aliphatic rings. The van der Waals surface area contributed by atoms with Crippen LogP contribution in [0.5, 0.6) is 0 Å². The van der Waals surface area contributed by atoms with Crippen LogP contribution in [0.2, 0.25) is 0 Å². The summed E-state index contributed by atoms with van der Waals surface area (Å²) in [4.78, 5) is 0. The second kappa shape index (κ2) is 6.41. The molecule has 0 bridgehead atoms. The minimum atomic E-state index is 0.442. The van der Waals surface area contributed by atoms with Gasteiger partial charge in [-0.3, -0.25) is 0 Å². The van der Waals surface area contributed by atoms with Gasteiger partial charge in [-0.15, -0.1) is 0 Å². The fourth-order valence-electron chi connectivity index (χ4n) is 2.22. The Hall–Kier alpha value is -0.0800. The molecule has 2 atom stereocenters. The van der Waals surface area contributed by atoms with Gasteiger partial charge in [0.15, 0.2) is 0 Å². The second-order valence-corrected chi connectivity index (χ2v) is 5.11. The highest BCUT2D eigenvalue weighted by molar-refractivity contribution is 4.78. The molecule has 1 fully saturated rings. The van der Waals surface area contributed by atoms with Gasteiger partial charge >= 0.3 is 0 Å². The number of hydrogen-bond acceptors (Lipinski definition) is 2. The predicted molar refractivity (Wildman–Crippen MR) is 62.3 cm³/mol. The number of hydrogen-bond donors (Lipinski definition) is 2. The van der Waals surface area contributed by atoms with Crippen molar-refractivity contribution in [3.8, 4) is 0 Å². The summed E-state index contributed by atoms with van der Waals surface area (Å²) in [5, 5.41) is 3.53. The van der Waals surface area contributed by atoms with E-state index in [0.717, 1.165) is 24.9 Å². The van der Waals surface area contributed by atoms with Gasteiger partial charge in [-0.25, -0.2) is 0 Å². The van der Waals surface area contributed by atoms with E-state index in [1.54, 1.807) is 0 Å². The molecule has 1 rings (SSSR count). The van der Waals surface area contributed by atoms with Crippen molar-refractivity contribution in [3.63, 3.8) is 0 Å². The molecule has 0 spiro atoms. The second-order valence-electron chi connectivity index (χ2n) is 5.11. The third kappa shape index (κ3) is 4.43. The Labute approximate surface area is 88.6 Å². The van der Waals surface area contributed by atoms with E-state index in [0.29, 0.717) is 6.04 Å². The van der Waals surface area contributed by atoms with E-state index < -0.39 is 0 Å². The van der Waals surface area contributed by atoms with Crippen molar-refractivity contribution in [2.45, 2.75) is 52.0 Å². The molecule has 0 aromatic rings. The topological polar surface area (TPSA) is 38.0 Å². The zero-order valence-electron chi connectivity index (χ0n) is 9.76. The average Bonchev–Trinajstić information content (AvgIpc) is 2.31. The summed E-state index contributed by atoms with van der Waals surface area (Å²) in [5.74, 6) is 1.47. The maximum absolute atomic E-state index is 6.16. The first-order chi connectivity index (χ1) is 6.70. The molecule has 0 aliphatic heterocycles. The highest BCUT2D eigenvalue weighted by atomic mass is 14.9. The van der Waals surface area contributed by atoms with Crippen LogP contribution >= 0.6 is 0 Å². The highest BCUT2D eigenvalue weighted by Gasteiger charge is 2.19. The Bertz CT molecular complexity index is 145. The lowest BCUT2D eigenvalue weighted by molar-refractivity contribution is 0.366. The highest BCUT2D eigenvalue weighted by Crippen LogP contribution is 2.21. The van der Waals surface area contributed by atoms with Gasteiger partial charge in [-0.2, -0.15) is 0 Å². The van der Waals surface area contributed by atoms with Crippen LogP contribution in [0.4, 0.5) is 0 Å². The van der Waals surface area contributed by atoms with E-state index >= 15 is 0 Å². The van der Waals surface area contributed by atoms with Crippen molar-refractivity contribution in [1.82, 2.24) is 5.32 Å². The van der Waals surface area contributed by atoms with Gasteiger partial charge in [0.25, 0.3) is 0 Å². The molecule has 3 N–H and O–H groups in total. The van der Waals surface area contributed by atoms with Gasteiger partial charge in [0.1, 0.15) is 0 Å². The Kier molecular flexibility index (Phi) is 5.49. The van der Waals surface area contributed by atoms with E-state index in [-0.39, 0.29) is 0 Å². The monoisotopic (exact) mass is 198 g/mol. The zero-order valence-corrected chi connectivity index (χ0v) is 9.76. The van der Waals surface area contributed by atoms with Crippen LogP contribution in [0, 0.1) is 11.8 Å². The Balaban J connectivity index is 2.19. The maximum atomic E-state index is 6.16. The summed E-state index contributed by atoms with van der Waals surface area (Å²) in [6, 6.07) is 0.442.